The van der Waals surface area contributed by atoms with Gasteiger partial charge in [-0.05, 0) is 19.3 Å². The van der Waals surface area contributed by atoms with Crippen molar-refractivity contribution in [2.24, 2.45) is 0 Å². The quantitative estimate of drug-likeness (QED) is 0.632. The third-order valence-electron chi connectivity index (χ3n) is 3.48. The average molecular weight is 306 g/mol. The lowest BCUT2D eigenvalue weighted by Gasteiger charge is -2.11. The number of hydrogen-bond acceptors (Lipinski definition) is 5. The van der Waals surface area contributed by atoms with Crippen molar-refractivity contribution in [1.82, 2.24) is 15.3 Å². The summed E-state index contributed by atoms with van der Waals surface area (Å²) in [5, 5.41) is 12.3. The van der Waals surface area contributed by atoms with Gasteiger partial charge < -0.3 is 10.3 Å². The van der Waals surface area contributed by atoms with Gasteiger partial charge in [-0.1, -0.05) is 31.5 Å². The monoisotopic (exact) mass is 306 g/mol. The summed E-state index contributed by atoms with van der Waals surface area (Å²) in [6.07, 6.45) is 4.93. The topological polar surface area (TPSA) is 98.6 Å². The van der Waals surface area contributed by atoms with Crippen LogP contribution in [-0.2, 0) is 11.2 Å². The van der Waals surface area contributed by atoms with Crippen molar-refractivity contribution in [1.29, 1.82) is 5.26 Å². The van der Waals surface area contributed by atoms with Gasteiger partial charge in [0.1, 0.15) is 11.6 Å². The number of hydrogen-bond donors (Lipinski definition) is 2. The lowest BCUT2D eigenvalue weighted by Crippen LogP contribution is -2.34. The zero-order valence-corrected chi connectivity index (χ0v) is 12.8. The molecule has 1 amide bonds. The number of carbonyl (C=O) groups is 1. The highest BCUT2D eigenvalue weighted by molar-refractivity contribution is 7.99. The average Bonchev–Trinajstić information content (AvgIpc) is 2.97. The first-order valence-electron chi connectivity index (χ1n) is 7.09. The number of carbonyl (C=O) groups excluding carboxylic acids is 1. The van der Waals surface area contributed by atoms with E-state index in [0.29, 0.717) is 17.3 Å². The van der Waals surface area contributed by atoms with Gasteiger partial charge in [-0.3, -0.25) is 9.59 Å². The fraction of sp³-hybridized carbons (Fsp3) is 0.571. The largest absolute Gasteiger partial charge is 0.353 e. The molecule has 0 spiro atoms. The van der Waals surface area contributed by atoms with Crippen LogP contribution < -0.4 is 10.9 Å². The second-order valence-corrected chi connectivity index (χ2v) is 5.96. The third kappa shape index (κ3) is 4.08. The molecular formula is C14H18N4O2S. The van der Waals surface area contributed by atoms with Crippen molar-refractivity contribution < 1.29 is 4.79 Å². The van der Waals surface area contributed by atoms with Gasteiger partial charge in [0.2, 0.25) is 5.91 Å². The molecule has 0 aliphatic heterocycles. The Balaban J connectivity index is 1.97. The smallest absolute Gasteiger partial charge is 0.269 e. The molecule has 21 heavy (non-hydrogen) atoms. The molecule has 0 atom stereocenters. The van der Waals surface area contributed by atoms with Crippen LogP contribution in [0.2, 0.25) is 0 Å². The van der Waals surface area contributed by atoms with Crippen molar-refractivity contribution in [2.45, 2.75) is 50.2 Å². The van der Waals surface area contributed by atoms with Gasteiger partial charge in [0.25, 0.3) is 5.56 Å². The minimum absolute atomic E-state index is 0.0445. The zero-order chi connectivity index (χ0) is 15.2. The van der Waals surface area contributed by atoms with E-state index in [9.17, 15) is 9.59 Å². The van der Waals surface area contributed by atoms with Crippen LogP contribution in [0.15, 0.2) is 9.95 Å². The first-order chi connectivity index (χ1) is 10.1. The van der Waals surface area contributed by atoms with Crippen LogP contribution in [0.3, 0.4) is 0 Å². The predicted octanol–water partition coefficient (Wildman–Crippen LogP) is 1.35. The molecule has 7 heteroatoms. The van der Waals surface area contributed by atoms with Crippen LogP contribution in [0.5, 0.6) is 0 Å². The summed E-state index contributed by atoms with van der Waals surface area (Å²) in [5.74, 6) is 0.172. The van der Waals surface area contributed by atoms with Gasteiger partial charge in [0, 0.05) is 6.04 Å². The zero-order valence-electron chi connectivity index (χ0n) is 11.9. The minimum Gasteiger partial charge on any atom is -0.353 e. The first kappa shape index (κ1) is 15.6. The number of H-pyrrole nitrogens is 1. The fourth-order valence-corrected chi connectivity index (χ4v) is 3.10. The Morgan fingerprint density at radius 2 is 2.24 bits per heavy atom. The summed E-state index contributed by atoms with van der Waals surface area (Å²) in [6, 6.07) is 2.15. The molecule has 2 N–H and O–H groups in total. The predicted molar refractivity (Wildman–Crippen MR) is 80.1 cm³/mol. The number of thioether (sulfide) groups is 1. The molecule has 1 aromatic heterocycles. The van der Waals surface area contributed by atoms with E-state index in [1.54, 1.807) is 0 Å². The van der Waals surface area contributed by atoms with Crippen molar-refractivity contribution in [3.8, 4) is 6.07 Å². The standard InChI is InChI=1S/C14H18N4O2S/c1-2-11-10(7-15)13(20)18-14(17-11)21-8-12(19)16-9-5-3-4-6-9/h9H,2-6,8H2,1H3,(H,16,19)(H,17,18,20). The first-order valence-corrected chi connectivity index (χ1v) is 8.08. The molecule has 1 heterocycles. The van der Waals surface area contributed by atoms with Crippen LogP contribution in [0.25, 0.3) is 0 Å². The lowest BCUT2D eigenvalue weighted by molar-refractivity contribution is -0.119. The van der Waals surface area contributed by atoms with Gasteiger partial charge in [-0.25, -0.2) is 4.98 Å². The Morgan fingerprint density at radius 3 is 2.86 bits per heavy atom. The molecule has 112 valence electrons. The summed E-state index contributed by atoms with van der Waals surface area (Å²) in [6.45, 7) is 1.84. The van der Waals surface area contributed by atoms with E-state index < -0.39 is 5.56 Å². The number of aryl methyl sites for hydroxylation is 1. The van der Waals surface area contributed by atoms with Crippen LogP contribution in [-0.4, -0.2) is 27.7 Å². The Hall–Kier alpha value is -1.81. The molecule has 6 nitrogen and oxygen atoms in total. The summed E-state index contributed by atoms with van der Waals surface area (Å²) in [5.41, 5.74) is 0.0836. The molecule has 0 aromatic carbocycles. The van der Waals surface area contributed by atoms with Crippen molar-refractivity contribution in [3.05, 3.63) is 21.6 Å². The number of rotatable bonds is 5. The second-order valence-electron chi connectivity index (χ2n) is 5.00. The highest BCUT2D eigenvalue weighted by atomic mass is 32.2. The maximum absolute atomic E-state index is 11.8. The van der Waals surface area contributed by atoms with Crippen molar-refractivity contribution in [3.63, 3.8) is 0 Å². The fourth-order valence-electron chi connectivity index (χ4n) is 2.41. The second kappa shape index (κ2) is 7.27. The molecule has 0 unspecified atom stereocenters. The Kier molecular flexibility index (Phi) is 5.39. The number of amides is 1. The third-order valence-corrected chi connectivity index (χ3v) is 4.35. The van der Waals surface area contributed by atoms with E-state index in [1.807, 2.05) is 13.0 Å². The molecule has 1 aliphatic carbocycles. The molecule has 1 saturated carbocycles. The molecule has 1 fully saturated rings. The van der Waals surface area contributed by atoms with Crippen LogP contribution in [0.1, 0.15) is 43.9 Å². The van der Waals surface area contributed by atoms with E-state index in [2.05, 4.69) is 15.3 Å². The number of nitriles is 1. The van der Waals surface area contributed by atoms with E-state index in [0.717, 1.165) is 12.8 Å². The molecule has 0 saturated heterocycles. The number of aromatic nitrogens is 2. The van der Waals surface area contributed by atoms with E-state index in [4.69, 9.17) is 5.26 Å². The van der Waals surface area contributed by atoms with Gasteiger partial charge in [0.15, 0.2) is 5.16 Å². The SMILES string of the molecule is CCc1nc(SCC(=O)NC2CCCC2)[nH]c(=O)c1C#N. The highest BCUT2D eigenvalue weighted by Gasteiger charge is 2.17. The van der Waals surface area contributed by atoms with E-state index in [1.165, 1.54) is 24.6 Å². The van der Waals surface area contributed by atoms with Gasteiger partial charge >= 0.3 is 0 Å². The minimum atomic E-state index is -0.442. The number of nitrogens with one attached hydrogen (secondary N) is 2. The Morgan fingerprint density at radius 1 is 1.52 bits per heavy atom. The van der Waals surface area contributed by atoms with Gasteiger partial charge in [-0.2, -0.15) is 5.26 Å². The summed E-state index contributed by atoms with van der Waals surface area (Å²) in [7, 11) is 0. The Bertz CT molecular complexity index is 614. The summed E-state index contributed by atoms with van der Waals surface area (Å²) < 4.78 is 0. The molecular weight excluding hydrogens is 288 g/mol. The van der Waals surface area contributed by atoms with Crippen molar-refractivity contribution in [2.75, 3.05) is 5.75 Å². The van der Waals surface area contributed by atoms with Gasteiger partial charge in [0.05, 0.1) is 11.4 Å². The maximum Gasteiger partial charge on any atom is 0.269 e. The summed E-state index contributed by atoms with van der Waals surface area (Å²) in [4.78, 5) is 30.3. The number of aromatic amines is 1. The molecule has 1 aromatic rings. The van der Waals surface area contributed by atoms with Gasteiger partial charge in [-0.15, -0.1) is 0 Å². The molecule has 2 rings (SSSR count). The molecule has 0 radical (unpaired) electrons. The van der Waals surface area contributed by atoms with Crippen molar-refractivity contribution >= 4 is 17.7 Å². The lowest BCUT2D eigenvalue weighted by atomic mass is 10.2. The van der Waals surface area contributed by atoms with Crippen LogP contribution in [0, 0.1) is 11.3 Å². The molecule has 0 bridgehead atoms. The highest BCUT2D eigenvalue weighted by Crippen LogP contribution is 2.18. The summed E-state index contributed by atoms with van der Waals surface area (Å²) >= 11 is 1.19. The van der Waals surface area contributed by atoms with E-state index in [-0.39, 0.29) is 23.3 Å². The molecule has 1 aliphatic rings. The number of nitrogens with zero attached hydrogens (tertiary/aromatic N) is 2. The Labute approximate surface area is 127 Å². The van der Waals surface area contributed by atoms with E-state index >= 15 is 0 Å². The van der Waals surface area contributed by atoms with Crippen LogP contribution in [0.4, 0.5) is 0 Å². The maximum atomic E-state index is 11.8. The normalized spacial score (nSPS) is 14.9. The van der Waals surface area contributed by atoms with Crippen LogP contribution >= 0.6 is 11.8 Å².